The number of rotatable bonds is 2. The Bertz CT molecular complexity index is 805. The molecule has 1 aliphatic carbocycles. The smallest absolute Gasteiger partial charge is 0.245 e. The highest BCUT2D eigenvalue weighted by Crippen LogP contribution is 2.46. The van der Waals surface area contributed by atoms with Crippen LogP contribution in [0.1, 0.15) is 32.2 Å². The summed E-state index contributed by atoms with van der Waals surface area (Å²) in [6, 6.07) is -0.574. The van der Waals surface area contributed by atoms with Crippen LogP contribution in [-0.4, -0.2) is 54.6 Å². The second-order valence-corrected chi connectivity index (χ2v) is 6.93. The summed E-state index contributed by atoms with van der Waals surface area (Å²) < 4.78 is 16.7. The standard InChI is InChI=1S/C15H20FN7O/c1-9(23-8-21-10-11(17)19-7-20-12(10)23)13(24)22-5-14(16)3-2-4-15(14,18)6-22/h7-9H,2-6,18H2,1H3,(H2,17,19,20)/t9?,14-,15+/m1/s1. The largest absolute Gasteiger partial charge is 0.382 e. The van der Waals surface area contributed by atoms with E-state index in [0.29, 0.717) is 24.0 Å². The summed E-state index contributed by atoms with van der Waals surface area (Å²) in [5, 5.41) is 0. The van der Waals surface area contributed by atoms with Gasteiger partial charge in [-0.25, -0.2) is 19.3 Å². The van der Waals surface area contributed by atoms with Crippen molar-refractivity contribution in [2.45, 2.75) is 43.4 Å². The molecule has 0 aromatic carbocycles. The summed E-state index contributed by atoms with van der Waals surface area (Å²) in [7, 11) is 0. The molecule has 1 saturated carbocycles. The molecule has 3 heterocycles. The third kappa shape index (κ3) is 1.94. The number of fused-ring (bicyclic) bond motifs is 2. The fourth-order valence-electron chi connectivity index (χ4n) is 4.01. The van der Waals surface area contributed by atoms with Gasteiger partial charge in [0.25, 0.3) is 0 Å². The van der Waals surface area contributed by atoms with Gasteiger partial charge in [-0.2, -0.15) is 0 Å². The number of hydrogen-bond acceptors (Lipinski definition) is 6. The van der Waals surface area contributed by atoms with Crippen molar-refractivity contribution in [2.75, 3.05) is 18.8 Å². The fraction of sp³-hybridized carbons (Fsp3) is 0.600. The van der Waals surface area contributed by atoms with Gasteiger partial charge in [-0.15, -0.1) is 0 Å². The maximum Gasteiger partial charge on any atom is 0.245 e. The molecule has 3 atom stereocenters. The zero-order valence-electron chi connectivity index (χ0n) is 13.4. The Kier molecular flexibility index (Phi) is 3.08. The molecule has 2 aromatic heterocycles. The summed E-state index contributed by atoms with van der Waals surface area (Å²) in [6.07, 6.45) is 4.64. The summed E-state index contributed by atoms with van der Waals surface area (Å²) in [5.41, 5.74) is 10.5. The second kappa shape index (κ2) is 4.85. The number of carbonyl (C=O) groups is 1. The van der Waals surface area contributed by atoms with Crippen LogP contribution in [0.4, 0.5) is 10.2 Å². The number of halogens is 1. The molecule has 1 saturated heterocycles. The van der Waals surface area contributed by atoms with E-state index in [1.165, 1.54) is 17.6 Å². The molecule has 2 fully saturated rings. The van der Waals surface area contributed by atoms with Crippen LogP contribution >= 0.6 is 0 Å². The number of carbonyl (C=O) groups excluding carboxylic acids is 1. The SMILES string of the molecule is CC(C(=O)N1C[C@@]2(N)CCC[C@@]2(F)C1)n1cnc2c(N)ncnc21. The average molecular weight is 333 g/mol. The number of nitrogens with two attached hydrogens (primary N) is 2. The van der Waals surface area contributed by atoms with Crippen LogP contribution in [-0.2, 0) is 4.79 Å². The van der Waals surface area contributed by atoms with Gasteiger partial charge in [0.1, 0.15) is 23.6 Å². The highest BCUT2D eigenvalue weighted by atomic mass is 19.1. The third-order valence-electron chi connectivity index (χ3n) is 5.48. The quantitative estimate of drug-likeness (QED) is 0.822. The Balaban J connectivity index is 1.62. The normalized spacial score (nSPS) is 30.7. The predicted molar refractivity (Wildman–Crippen MR) is 85.6 cm³/mol. The van der Waals surface area contributed by atoms with Crippen molar-refractivity contribution in [1.29, 1.82) is 0 Å². The Morgan fingerprint density at radius 3 is 2.88 bits per heavy atom. The van der Waals surface area contributed by atoms with Crippen LogP contribution in [0.15, 0.2) is 12.7 Å². The Labute approximate surface area is 138 Å². The van der Waals surface area contributed by atoms with E-state index in [0.717, 1.165) is 6.42 Å². The molecule has 128 valence electrons. The van der Waals surface area contributed by atoms with Crippen molar-refractivity contribution >= 4 is 22.9 Å². The first-order valence-corrected chi connectivity index (χ1v) is 8.04. The molecule has 9 heteroatoms. The van der Waals surface area contributed by atoms with Gasteiger partial charge in [-0.3, -0.25) is 4.79 Å². The van der Waals surface area contributed by atoms with Crippen LogP contribution in [0.2, 0.25) is 0 Å². The molecule has 0 radical (unpaired) electrons. The van der Waals surface area contributed by atoms with E-state index < -0.39 is 17.2 Å². The lowest BCUT2D eigenvalue weighted by molar-refractivity contribution is -0.133. The van der Waals surface area contributed by atoms with E-state index in [-0.39, 0.29) is 24.8 Å². The van der Waals surface area contributed by atoms with Gasteiger partial charge < -0.3 is 20.9 Å². The maximum atomic E-state index is 15.0. The number of amides is 1. The molecule has 0 spiro atoms. The van der Waals surface area contributed by atoms with E-state index in [1.54, 1.807) is 11.5 Å². The topological polar surface area (TPSA) is 116 Å². The average Bonchev–Trinajstić information content (AvgIpc) is 3.15. The number of anilines is 1. The maximum absolute atomic E-state index is 15.0. The lowest BCUT2D eigenvalue weighted by Crippen LogP contribution is -2.53. The van der Waals surface area contributed by atoms with Crippen molar-refractivity contribution in [3.8, 4) is 0 Å². The molecule has 1 unspecified atom stereocenters. The second-order valence-electron chi connectivity index (χ2n) is 6.93. The summed E-state index contributed by atoms with van der Waals surface area (Å²) >= 11 is 0. The van der Waals surface area contributed by atoms with Gasteiger partial charge in [0.15, 0.2) is 11.5 Å². The molecule has 4 N–H and O–H groups in total. The first-order chi connectivity index (χ1) is 11.3. The van der Waals surface area contributed by atoms with Gasteiger partial charge in [-0.05, 0) is 26.2 Å². The zero-order chi connectivity index (χ0) is 17.1. The highest BCUT2D eigenvalue weighted by molar-refractivity contribution is 5.85. The summed E-state index contributed by atoms with van der Waals surface area (Å²) in [6.45, 7) is 2.04. The van der Waals surface area contributed by atoms with Crippen molar-refractivity contribution in [3.63, 3.8) is 0 Å². The molecule has 8 nitrogen and oxygen atoms in total. The highest BCUT2D eigenvalue weighted by Gasteiger charge is 2.60. The minimum absolute atomic E-state index is 0.0520. The van der Waals surface area contributed by atoms with Crippen molar-refractivity contribution in [2.24, 2.45) is 5.73 Å². The molecular weight excluding hydrogens is 313 g/mol. The van der Waals surface area contributed by atoms with E-state index in [1.807, 2.05) is 0 Å². The lowest BCUT2D eigenvalue weighted by atomic mass is 9.89. The molecule has 24 heavy (non-hydrogen) atoms. The first kappa shape index (κ1) is 15.3. The molecule has 1 aliphatic heterocycles. The number of imidazole rings is 1. The number of aromatic nitrogens is 4. The van der Waals surface area contributed by atoms with Gasteiger partial charge in [0, 0.05) is 6.54 Å². The summed E-state index contributed by atoms with van der Waals surface area (Å²) in [4.78, 5) is 26.6. The van der Waals surface area contributed by atoms with E-state index in [2.05, 4.69) is 15.0 Å². The van der Waals surface area contributed by atoms with Crippen molar-refractivity contribution < 1.29 is 9.18 Å². The number of hydrogen-bond donors (Lipinski definition) is 2. The Morgan fingerprint density at radius 2 is 2.12 bits per heavy atom. The Morgan fingerprint density at radius 1 is 1.33 bits per heavy atom. The molecule has 2 aromatic rings. The molecular formula is C15H20FN7O. The number of nitrogens with zero attached hydrogens (tertiary/aromatic N) is 5. The van der Waals surface area contributed by atoms with Gasteiger partial charge in [0.05, 0.1) is 18.4 Å². The Hall–Kier alpha value is -2.29. The van der Waals surface area contributed by atoms with E-state index >= 15 is 4.39 Å². The molecule has 2 aliphatic rings. The zero-order valence-corrected chi connectivity index (χ0v) is 13.4. The number of nitrogen functional groups attached to an aromatic ring is 1. The third-order valence-corrected chi connectivity index (χ3v) is 5.48. The minimum atomic E-state index is -1.48. The molecule has 1 amide bonds. The van der Waals surface area contributed by atoms with Gasteiger partial charge in [0.2, 0.25) is 5.91 Å². The van der Waals surface area contributed by atoms with Gasteiger partial charge in [-0.1, -0.05) is 0 Å². The molecule has 0 bridgehead atoms. The van der Waals surface area contributed by atoms with E-state index in [9.17, 15) is 4.79 Å². The summed E-state index contributed by atoms with van der Waals surface area (Å²) in [5.74, 6) is 0.0699. The first-order valence-electron chi connectivity index (χ1n) is 8.04. The minimum Gasteiger partial charge on any atom is -0.382 e. The molecule has 4 rings (SSSR count). The van der Waals surface area contributed by atoms with Crippen LogP contribution in [0.3, 0.4) is 0 Å². The van der Waals surface area contributed by atoms with Crippen LogP contribution in [0, 0.1) is 0 Å². The number of alkyl halides is 1. The van der Waals surface area contributed by atoms with Crippen LogP contribution in [0.25, 0.3) is 11.2 Å². The fourth-order valence-corrected chi connectivity index (χ4v) is 4.01. The monoisotopic (exact) mass is 333 g/mol. The van der Waals surface area contributed by atoms with E-state index in [4.69, 9.17) is 11.5 Å². The number of likely N-dealkylation sites (tertiary alicyclic amines) is 1. The van der Waals surface area contributed by atoms with Gasteiger partial charge >= 0.3 is 0 Å². The van der Waals surface area contributed by atoms with Crippen LogP contribution in [0.5, 0.6) is 0 Å². The van der Waals surface area contributed by atoms with Crippen molar-refractivity contribution in [1.82, 2.24) is 24.4 Å². The van der Waals surface area contributed by atoms with Crippen molar-refractivity contribution in [3.05, 3.63) is 12.7 Å². The van der Waals surface area contributed by atoms with Crippen LogP contribution < -0.4 is 11.5 Å². The lowest BCUT2D eigenvalue weighted by Gasteiger charge is -2.27. The predicted octanol–water partition coefficient (Wildman–Crippen LogP) is 0.401.